The molecule has 96 valence electrons. The van der Waals surface area contributed by atoms with E-state index in [0.29, 0.717) is 6.54 Å². The summed E-state index contributed by atoms with van der Waals surface area (Å²) in [7, 11) is 0. The van der Waals surface area contributed by atoms with Crippen LogP contribution in [-0.4, -0.2) is 11.7 Å². The maximum absolute atomic E-state index is 10.3. The van der Waals surface area contributed by atoms with Gasteiger partial charge < -0.3 is 10.4 Å². The number of hydrogen-bond acceptors (Lipinski definition) is 3. The smallest absolute Gasteiger partial charge is 0.108 e. The molecule has 0 fully saturated rings. The first-order chi connectivity index (χ1) is 8.58. The van der Waals surface area contributed by atoms with Crippen molar-refractivity contribution < 1.29 is 5.11 Å². The van der Waals surface area contributed by atoms with E-state index < -0.39 is 5.60 Å². The molecule has 2 nitrogen and oxygen atoms in total. The van der Waals surface area contributed by atoms with Gasteiger partial charge in [0.1, 0.15) is 5.60 Å². The molecular formula is C14H16ClNOS. The summed E-state index contributed by atoms with van der Waals surface area (Å²) in [5.41, 5.74) is 0.335. The second kappa shape index (κ2) is 5.85. The van der Waals surface area contributed by atoms with Crippen molar-refractivity contribution in [3.05, 3.63) is 57.2 Å². The van der Waals surface area contributed by atoms with Crippen LogP contribution in [-0.2, 0) is 12.1 Å². The lowest BCUT2D eigenvalue weighted by Crippen LogP contribution is -2.34. The summed E-state index contributed by atoms with van der Waals surface area (Å²) in [6.07, 6.45) is 0. The second-order valence-corrected chi connectivity index (χ2v) is 5.87. The Morgan fingerprint density at radius 3 is 2.61 bits per heavy atom. The fourth-order valence-electron chi connectivity index (χ4n) is 1.72. The highest BCUT2D eigenvalue weighted by Gasteiger charge is 2.23. The van der Waals surface area contributed by atoms with Gasteiger partial charge >= 0.3 is 0 Å². The van der Waals surface area contributed by atoms with Crippen molar-refractivity contribution in [2.75, 3.05) is 6.54 Å². The van der Waals surface area contributed by atoms with E-state index in [1.807, 2.05) is 48.7 Å². The highest BCUT2D eigenvalue weighted by Crippen LogP contribution is 2.24. The van der Waals surface area contributed by atoms with Gasteiger partial charge in [-0.05, 0) is 36.1 Å². The molecule has 0 saturated heterocycles. The lowest BCUT2D eigenvalue weighted by molar-refractivity contribution is 0.0604. The first-order valence-corrected chi connectivity index (χ1v) is 7.05. The van der Waals surface area contributed by atoms with Crippen molar-refractivity contribution >= 4 is 22.9 Å². The van der Waals surface area contributed by atoms with Crippen molar-refractivity contribution in [1.29, 1.82) is 0 Å². The number of rotatable bonds is 5. The van der Waals surface area contributed by atoms with E-state index in [2.05, 4.69) is 5.32 Å². The van der Waals surface area contributed by atoms with Crippen molar-refractivity contribution in [3.8, 4) is 0 Å². The van der Waals surface area contributed by atoms with E-state index in [1.165, 1.54) is 0 Å². The van der Waals surface area contributed by atoms with E-state index in [0.717, 1.165) is 22.0 Å². The zero-order valence-corrected chi connectivity index (χ0v) is 11.8. The minimum atomic E-state index is -0.819. The Hall–Kier alpha value is -0.870. The molecule has 0 aliphatic heterocycles. The third-order valence-electron chi connectivity index (χ3n) is 2.76. The number of hydrogen-bond donors (Lipinski definition) is 2. The molecule has 2 rings (SSSR count). The van der Waals surface area contributed by atoms with E-state index >= 15 is 0 Å². The molecule has 1 aromatic heterocycles. The number of halogens is 1. The summed E-state index contributed by atoms with van der Waals surface area (Å²) in [6.45, 7) is 3.07. The van der Waals surface area contributed by atoms with Gasteiger partial charge in [-0.1, -0.05) is 29.8 Å². The average Bonchev–Trinajstić information content (AvgIpc) is 2.86. The third kappa shape index (κ3) is 3.56. The van der Waals surface area contributed by atoms with Crippen molar-refractivity contribution in [2.24, 2.45) is 0 Å². The Labute approximate surface area is 116 Å². The lowest BCUT2D eigenvalue weighted by Gasteiger charge is -2.22. The Morgan fingerprint density at radius 1 is 1.28 bits per heavy atom. The molecule has 2 aromatic rings. The van der Waals surface area contributed by atoms with E-state index in [-0.39, 0.29) is 0 Å². The van der Waals surface area contributed by atoms with Gasteiger partial charge in [-0.25, -0.2) is 0 Å². The van der Waals surface area contributed by atoms with Crippen molar-refractivity contribution in [2.45, 2.75) is 19.1 Å². The Bertz CT molecular complexity index is 479. The van der Waals surface area contributed by atoms with Gasteiger partial charge in [0.2, 0.25) is 0 Å². The minimum Gasteiger partial charge on any atom is -0.383 e. The summed E-state index contributed by atoms with van der Waals surface area (Å²) < 4.78 is 0. The van der Waals surface area contributed by atoms with Gasteiger partial charge in [-0.3, -0.25) is 0 Å². The van der Waals surface area contributed by atoms with Crippen molar-refractivity contribution in [1.82, 2.24) is 5.32 Å². The summed E-state index contributed by atoms with van der Waals surface area (Å²) in [5.74, 6) is 0. The number of benzene rings is 1. The molecule has 1 atom stereocenters. The zero-order valence-electron chi connectivity index (χ0n) is 10.2. The molecule has 0 radical (unpaired) electrons. The molecular weight excluding hydrogens is 266 g/mol. The molecule has 0 aliphatic rings. The summed E-state index contributed by atoms with van der Waals surface area (Å²) >= 11 is 7.40. The average molecular weight is 282 g/mol. The Balaban J connectivity index is 1.87. The van der Waals surface area contributed by atoms with Crippen LogP contribution in [0.3, 0.4) is 0 Å². The Kier molecular flexibility index (Phi) is 4.40. The van der Waals surface area contributed by atoms with Crippen LogP contribution >= 0.6 is 22.9 Å². The van der Waals surface area contributed by atoms with Crippen LogP contribution in [0.5, 0.6) is 0 Å². The fourth-order valence-corrected chi connectivity index (χ4v) is 2.64. The van der Waals surface area contributed by atoms with E-state index in [9.17, 15) is 5.11 Å². The van der Waals surface area contributed by atoms with Crippen LogP contribution in [0.2, 0.25) is 5.02 Å². The van der Waals surface area contributed by atoms with Gasteiger partial charge in [0.05, 0.1) is 0 Å². The molecule has 2 N–H and O–H groups in total. The number of nitrogens with one attached hydrogen (secondary N) is 1. The van der Waals surface area contributed by atoms with Crippen molar-refractivity contribution in [3.63, 3.8) is 0 Å². The number of thiophene rings is 1. The van der Waals surface area contributed by atoms with Gasteiger partial charge in [-0.2, -0.15) is 0 Å². The normalized spacial score (nSPS) is 14.4. The maximum Gasteiger partial charge on any atom is 0.108 e. The molecule has 4 heteroatoms. The molecule has 1 unspecified atom stereocenters. The summed E-state index contributed by atoms with van der Waals surface area (Å²) in [5, 5.41) is 16.3. The minimum absolute atomic E-state index is 0.524. The highest BCUT2D eigenvalue weighted by molar-refractivity contribution is 7.10. The largest absolute Gasteiger partial charge is 0.383 e. The van der Waals surface area contributed by atoms with E-state index in [4.69, 9.17) is 11.6 Å². The zero-order chi connectivity index (χ0) is 13.0. The van der Waals surface area contributed by atoms with Crippen LogP contribution in [0.1, 0.15) is 17.4 Å². The van der Waals surface area contributed by atoms with Crippen LogP contribution in [0, 0.1) is 0 Å². The summed E-state index contributed by atoms with van der Waals surface area (Å²) in [6, 6.07) is 11.6. The topological polar surface area (TPSA) is 32.3 Å². The highest BCUT2D eigenvalue weighted by atomic mass is 35.5. The molecule has 18 heavy (non-hydrogen) atoms. The first-order valence-electron chi connectivity index (χ1n) is 5.79. The molecule has 0 saturated carbocycles. The third-order valence-corrected chi connectivity index (χ3v) is 4.14. The monoisotopic (exact) mass is 281 g/mol. The Morgan fingerprint density at radius 2 is 2.00 bits per heavy atom. The SMILES string of the molecule is CC(O)(CNCc1ccc(Cl)cc1)c1cccs1. The number of aliphatic hydroxyl groups is 1. The molecule has 0 spiro atoms. The van der Waals surface area contributed by atoms with E-state index in [1.54, 1.807) is 11.3 Å². The van der Waals surface area contributed by atoms with Gasteiger partial charge in [0.15, 0.2) is 0 Å². The lowest BCUT2D eigenvalue weighted by atomic mass is 10.1. The fraction of sp³-hybridized carbons (Fsp3) is 0.286. The first kappa shape index (κ1) is 13.6. The van der Waals surface area contributed by atoms with Crippen LogP contribution in [0.15, 0.2) is 41.8 Å². The molecule has 0 aliphatic carbocycles. The standard InChI is InChI=1S/C14H16ClNOS/c1-14(17,13-3-2-8-18-13)10-16-9-11-4-6-12(15)7-5-11/h2-8,16-17H,9-10H2,1H3. The van der Waals surface area contributed by atoms with Gasteiger partial charge in [0, 0.05) is 23.0 Å². The van der Waals surface area contributed by atoms with Gasteiger partial charge in [-0.15, -0.1) is 11.3 Å². The summed E-state index contributed by atoms with van der Waals surface area (Å²) in [4.78, 5) is 0.978. The maximum atomic E-state index is 10.3. The quantitative estimate of drug-likeness (QED) is 0.880. The predicted octanol–water partition coefficient (Wildman–Crippen LogP) is 3.40. The van der Waals surface area contributed by atoms with Crippen LogP contribution in [0.4, 0.5) is 0 Å². The molecule has 0 bridgehead atoms. The predicted molar refractivity (Wildman–Crippen MR) is 77.0 cm³/mol. The molecule has 1 aromatic carbocycles. The molecule has 0 amide bonds. The van der Waals surface area contributed by atoms with Gasteiger partial charge in [0.25, 0.3) is 0 Å². The van der Waals surface area contributed by atoms with Crippen LogP contribution in [0.25, 0.3) is 0 Å². The second-order valence-electron chi connectivity index (χ2n) is 4.48. The molecule has 1 heterocycles. The van der Waals surface area contributed by atoms with Crippen LogP contribution < -0.4 is 5.32 Å².